The Balaban J connectivity index is 1.16. The Hall–Kier alpha value is -7.55. The molecular formula is C63H83N7O17. The van der Waals surface area contributed by atoms with Crippen molar-refractivity contribution >= 4 is 41.4 Å². The third-order valence-corrected chi connectivity index (χ3v) is 16.5. The molecule has 4 aromatic rings. The van der Waals surface area contributed by atoms with Crippen molar-refractivity contribution in [2.75, 3.05) is 20.2 Å². The minimum Gasteiger partial charge on any atom is -0.497 e. The number of nitrogens with one attached hydrogen (secondary N) is 5. The third-order valence-electron chi connectivity index (χ3n) is 16.5. The van der Waals surface area contributed by atoms with Gasteiger partial charge in [0.1, 0.15) is 71.7 Å². The first-order valence-corrected chi connectivity index (χ1v) is 29.1. The Morgan fingerprint density at radius 3 is 1.66 bits per heavy atom. The van der Waals surface area contributed by atoms with E-state index in [1.807, 2.05) is 48.5 Å². The minimum absolute atomic E-state index is 0.0122. The molecule has 3 saturated heterocycles. The Morgan fingerprint density at radius 2 is 1.13 bits per heavy atom. The van der Waals surface area contributed by atoms with Gasteiger partial charge in [-0.25, -0.2) is 0 Å². The standard InChI is InChI=1S/C63H83N7O17/c1-10-62(5,6)31-63(7,8)87-43-25-19-38(20-26-43)36-13-11-35(12-14-36)37-15-17-40(18-16-37)54(78)64-44-28-46(74)57(81)68-59(83)50-51(75)32(2)29-70(50)61(85)48(34(4)72)66-58(82)49(53(77)52(76)39-21-23-42(86-9)24-22-39)67-56(80)45-27-41(73)30-69(45)60(84)47(33(3)71)65-55(44)79/h11-26,32-34,41,44-53,57,71-77,81H,10,27-31H2,1-9H3,(H,64,78)(H,65,79)(H,66,82)(H,67,80)(H,68,83). The number of carbonyl (C=O) groups is 7. The smallest absolute Gasteiger partial charge is 0.251 e. The third kappa shape index (κ3) is 16.2. The zero-order chi connectivity index (χ0) is 64.0. The first-order valence-electron chi connectivity index (χ1n) is 29.1. The van der Waals surface area contributed by atoms with Gasteiger partial charge >= 0.3 is 0 Å². The van der Waals surface area contributed by atoms with Crippen molar-refractivity contribution < 1.29 is 83.9 Å². The maximum Gasteiger partial charge on any atom is 0.251 e. The molecule has 24 nitrogen and oxygen atoms in total. The fourth-order valence-electron chi connectivity index (χ4n) is 11.4. The summed E-state index contributed by atoms with van der Waals surface area (Å²) >= 11 is 0. The molecule has 13 N–H and O–H groups in total. The summed E-state index contributed by atoms with van der Waals surface area (Å²) in [6.07, 6.45) is -14.7. The van der Waals surface area contributed by atoms with Crippen LogP contribution in [0.5, 0.6) is 11.5 Å². The fourth-order valence-corrected chi connectivity index (χ4v) is 11.4. The van der Waals surface area contributed by atoms with Crippen LogP contribution in [0.3, 0.4) is 0 Å². The van der Waals surface area contributed by atoms with Gasteiger partial charge in [0, 0.05) is 37.4 Å². The van der Waals surface area contributed by atoms with Crippen LogP contribution in [-0.4, -0.2) is 197 Å². The maximum atomic E-state index is 14.5. The first-order chi connectivity index (χ1) is 40.9. The van der Waals surface area contributed by atoms with E-state index in [1.54, 1.807) is 12.1 Å². The average Bonchev–Trinajstić information content (AvgIpc) is 1.85. The van der Waals surface area contributed by atoms with E-state index in [-0.39, 0.29) is 28.7 Å². The Morgan fingerprint density at radius 1 is 0.632 bits per heavy atom. The van der Waals surface area contributed by atoms with Crippen LogP contribution in [-0.2, 0) is 28.8 Å². The number of hydrogen-bond donors (Lipinski definition) is 13. The normalized spacial score (nSPS) is 27.0. The number of benzene rings is 4. The van der Waals surface area contributed by atoms with Crippen molar-refractivity contribution in [3.63, 3.8) is 0 Å². The number of fused-ring (bicyclic) bond motifs is 2. The van der Waals surface area contributed by atoms with E-state index in [0.29, 0.717) is 11.3 Å². The largest absolute Gasteiger partial charge is 0.497 e. The lowest BCUT2D eigenvalue weighted by Gasteiger charge is -2.34. The topological polar surface area (TPSA) is 366 Å². The van der Waals surface area contributed by atoms with Gasteiger partial charge in [-0.3, -0.25) is 33.6 Å². The molecule has 0 saturated carbocycles. The summed E-state index contributed by atoms with van der Waals surface area (Å²) in [5, 5.41) is 102. The second kappa shape index (κ2) is 28.1. The van der Waals surface area contributed by atoms with E-state index in [2.05, 4.69) is 61.2 Å². The molecule has 87 heavy (non-hydrogen) atoms. The van der Waals surface area contributed by atoms with Crippen LogP contribution in [0.2, 0.25) is 0 Å². The van der Waals surface area contributed by atoms with Gasteiger partial charge in [-0.2, -0.15) is 0 Å². The van der Waals surface area contributed by atoms with Gasteiger partial charge in [0.05, 0.1) is 31.5 Å². The highest BCUT2D eigenvalue weighted by molar-refractivity contribution is 6.00. The van der Waals surface area contributed by atoms with Crippen LogP contribution in [0, 0.1) is 11.3 Å². The van der Waals surface area contributed by atoms with Crippen LogP contribution in [0.1, 0.15) is 103 Å². The molecule has 7 rings (SSSR count). The molecule has 3 aliphatic rings. The number of nitrogens with zero attached hydrogens (tertiary/aromatic N) is 2. The molecule has 472 valence electrons. The van der Waals surface area contributed by atoms with E-state index in [1.165, 1.54) is 50.4 Å². The fraction of sp³-hybridized carbons (Fsp3) is 0.508. The molecule has 0 bridgehead atoms. The lowest BCUT2D eigenvalue weighted by Crippen LogP contribution is -2.64. The van der Waals surface area contributed by atoms with Gasteiger partial charge in [-0.15, -0.1) is 0 Å². The average molecular weight is 1210 g/mol. The maximum absolute atomic E-state index is 14.5. The Bertz CT molecular complexity index is 3070. The Labute approximate surface area is 505 Å². The van der Waals surface area contributed by atoms with Crippen molar-refractivity contribution in [3.8, 4) is 33.8 Å². The van der Waals surface area contributed by atoms with Crippen molar-refractivity contribution in [3.05, 3.63) is 108 Å². The van der Waals surface area contributed by atoms with Gasteiger partial charge in [-0.1, -0.05) is 94.8 Å². The summed E-state index contributed by atoms with van der Waals surface area (Å²) < 4.78 is 11.5. The van der Waals surface area contributed by atoms with Gasteiger partial charge in [0.15, 0.2) is 6.23 Å². The molecule has 3 heterocycles. The summed E-state index contributed by atoms with van der Waals surface area (Å²) in [6.45, 7) is 13.5. The number of aliphatic hydroxyl groups is 8. The zero-order valence-corrected chi connectivity index (χ0v) is 50.3. The van der Waals surface area contributed by atoms with E-state index in [4.69, 9.17) is 9.47 Å². The first kappa shape index (κ1) is 67.0. The van der Waals surface area contributed by atoms with Crippen molar-refractivity contribution in [1.29, 1.82) is 0 Å². The molecule has 3 aliphatic heterocycles. The summed E-state index contributed by atoms with van der Waals surface area (Å²) in [4.78, 5) is 102. The van der Waals surface area contributed by atoms with Crippen LogP contribution in [0.4, 0.5) is 0 Å². The molecular weight excluding hydrogens is 1130 g/mol. The quantitative estimate of drug-likeness (QED) is 0.0783. The lowest BCUT2D eigenvalue weighted by molar-refractivity contribution is -0.148. The van der Waals surface area contributed by atoms with Gasteiger partial charge in [0.25, 0.3) is 5.91 Å². The second-order valence-electron chi connectivity index (χ2n) is 24.5. The molecule has 4 aromatic carbocycles. The highest BCUT2D eigenvalue weighted by Gasteiger charge is 2.50. The number of hydrogen-bond acceptors (Lipinski definition) is 17. The Kier molecular flexibility index (Phi) is 21.6. The number of carbonyl (C=O) groups excluding carboxylic acids is 7. The SMILES string of the molecule is CCC(C)(C)CC(C)(C)Oc1ccc(-c2ccc(-c3ccc(C(=O)NC4CC(O)C(O)NC(=O)C5C(O)C(C)CN5C(=O)C(C(C)O)NC(=O)C(C(O)C(O)c5ccc(OC)cc5)NC(=O)C5CC(O)CN5C(=O)C(C(C)O)NC4=O)cc3)cc2)cc1. The van der Waals surface area contributed by atoms with Gasteiger partial charge < -0.3 is 86.7 Å². The molecule has 24 heteroatoms. The second-order valence-corrected chi connectivity index (χ2v) is 24.5. The number of amides is 7. The summed E-state index contributed by atoms with van der Waals surface area (Å²) in [5.41, 5.74) is 3.20. The molecule has 3 fully saturated rings. The molecule has 15 atom stereocenters. The van der Waals surface area contributed by atoms with Crippen LogP contribution < -0.4 is 36.1 Å². The van der Waals surface area contributed by atoms with E-state index < -0.39 is 152 Å². The van der Waals surface area contributed by atoms with E-state index >= 15 is 0 Å². The molecule has 0 aliphatic carbocycles. The lowest BCUT2D eigenvalue weighted by atomic mass is 9.80. The molecule has 0 spiro atoms. The van der Waals surface area contributed by atoms with Crippen LogP contribution >= 0.6 is 0 Å². The summed E-state index contributed by atoms with van der Waals surface area (Å²) in [7, 11) is 1.38. The number of methoxy groups -OCH3 is 1. The summed E-state index contributed by atoms with van der Waals surface area (Å²) in [6, 6.07) is 15.8. The predicted molar refractivity (Wildman–Crippen MR) is 317 cm³/mol. The van der Waals surface area contributed by atoms with Crippen molar-refractivity contribution in [2.24, 2.45) is 11.3 Å². The summed E-state index contributed by atoms with van der Waals surface area (Å²) in [5.74, 6) is -8.01. The van der Waals surface area contributed by atoms with Crippen LogP contribution in [0.15, 0.2) is 97.1 Å². The number of ether oxygens (including phenoxy) is 2. The molecule has 0 aromatic heterocycles. The van der Waals surface area contributed by atoms with Crippen molar-refractivity contribution in [1.82, 2.24) is 36.4 Å². The monoisotopic (exact) mass is 1210 g/mol. The zero-order valence-electron chi connectivity index (χ0n) is 50.3. The number of aliphatic hydroxyl groups excluding tert-OH is 8. The van der Waals surface area contributed by atoms with Gasteiger partial charge in [-0.05, 0) is 104 Å². The molecule has 15 unspecified atom stereocenters. The van der Waals surface area contributed by atoms with Gasteiger partial charge in [0.2, 0.25) is 35.4 Å². The minimum atomic E-state index is -2.29. The van der Waals surface area contributed by atoms with Crippen LogP contribution in [0.25, 0.3) is 22.3 Å². The molecule has 0 radical (unpaired) electrons. The molecule has 7 amide bonds. The van der Waals surface area contributed by atoms with Crippen molar-refractivity contribution in [2.45, 2.75) is 172 Å². The predicted octanol–water partition coefficient (Wildman–Crippen LogP) is 0.791. The van der Waals surface area contributed by atoms with E-state index in [9.17, 15) is 74.4 Å². The highest BCUT2D eigenvalue weighted by atomic mass is 16.5. The highest BCUT2D eigenvalue weighted by Crippen LogP contribution is 2.35. The number of rotatable bonds is 15. The van der Waals surface area contributed by atoms with E-state index in [0.717, 1.165) is 58.9 Å².